The van der Waals surface area contributed by atoms with Crippen LogP contribution in [0, 0.1) is 0 Å². The van der Waals surface area contributed by atoms with E-state index in [4.69, 9.17) is 4.74 Å². The Morgan fingerprint density at radius 3 is 2.03 bits per heavy atom. The lowest BCUT2D eigenvalue weighted by Crippen LogP contribution is -2.28. The van der Waals surface area contributed by atoms with Crippen LogP contribution in [0.5, 0.6) is 5.75 Å². The van der Waals surface area contributed by atoms with E-state index in [0.29, 0.717) is 5.57 Å². The van der Waals surface area contributed by atoms with E-state index in [1.807, 2.05) is 71.6 Å². The van der Waals surface area contributed by atoms with E-state index in [2.05, 4.69) is 30.3 Å². The summed E-state index contributed by atoms with van der Waals surface area (Å²) in [5, 5.41) is 0. The summed E-state index contributed by atoms with van der Waals surface area (Å²) < 4.78 is 5.31. The highest BCUT2D eigenvalue weighted by Crippen LogP contribution is 2.28. The Bertz CT molecular complexity index is 1060. The lowest BCUT2D eigenvalue weighted by Gasteiger charge is -2.19. The van der Waals surface area contributed by atoms with Gasteiger partial charge in [0.05, 0.1) is 7.11 Å². The molecular formula is C28H27NO2. The van der Waals surface area contributed by atoms with Crippen LogP contribution in [0.1, 0.15) is 29.5 Å². The highest BCUT2D eigenvalue weighted by Gasteiger charge is 2.23. The number of amides is 1. The molecule has 156 valence electrons. The van der Waals surface area contributed by atoms with Gasteiger partial charge in [-0.15, -0.1) is 0 Å². The second-order valence-electron chi connectivity index (χ2n) is 7.66. The molecule has 1 heterocycles. The van der Waals surface area contributed by atoms with E-state index >= 15 is 0 Å². The molecule has 1 aliphatic rings. The molecule has 0 N–H and O–H groups in total. The van der Waals surface area contributed by atoms with E-state index in [9.17, 15) is 4.79 Å². The van der Waals surface area contributed by atoms with Gasteiger partial charge in [-0.3, -0.25) is 4.79 Å². The number of methoxy groups -OCH3 is 1. The molecule has 4 rings (SSSR count). The van der Waals surface area contributed by atoms with Crippen LogP contribution in [-0.2, 0) is 4.79 Å². The maximum Gasteiger partial charge on any atom is 0.254 e. The van der Waals surface area contributed by atoms with Gasteiger partial charge in [0.2, 0.25) is 0 Å². The second-order valence-corrected chi connectivity index (χ2v) is 7.66. The number of allylic oxidation sites excluding steroid dienone is 2. The van der Waals surface area contributed by atoms with Gasteiger partial charge >= 0.3 is 0 Å². The van der Waals surface area contributed by atoms with Crippen molar-refractivity contribution in [2.24, 2.45) is 0 Å². The zero-order valence-electron chi connectivity index (χ0n) is 17.8. The van der Waals surface area contributed by atoms with Crippen LogP contribution in [0.4, 0.5) is 0 Å². The average Bonchev–Trinajstić information content (AvgIpc) is 3.38. The summed E-state index contributed by atoms with van der Waals surface area (Å²) in [7, 11) is 1.65. The van der Waals surface area contributed by atoms with Crippen LogP contribution in [0.15, 0.2) is 91.0 Å². The lowest BCUT2D eigenvalue weighted by atomic mass is 9.96. The van der Waals surface area contributed by atoms with Gasteiger partial charge < -0.3 is 9.64 Å². The van der Waals surface area contributed by atoms with E-state index in [1.54, 1.807) is 7.11 Å². The predicted octanol–water partition coefficient (Wildman–Crippen LogP) is 5.94. The first-order chi connectivity index (χ1) is 15.2. The molecule has 0 aliphatic carbocycles. The molecule has 3 aromatic rings. The molecule has 1 amide bonds. The Labute approximate surface area is 184 Å². The van der Waals surface area contributed by atoms with Crippen LogP contribution < -0.4 is 4.74 Å². The molecule has 0 saturated carbocycles. The molecule has 0 bridgehead atoms. The van der Waals surface area contributed by atoms with Gasteiger partial charge in [-0.1, -0.05) is 72.8 Å². The molecule has 0 atom stereocenters. The van der Waals surface area contributed by atoms with Crippen LogP contribution in [0.2, 0.25) is 0 Å². The fourth-order valence-corrected chi connectivity index (χ4v) is 3.85. The largest absolute Gasteiger partial charge is 0.497 e. The van der Waals surface area contributed by atoms with E-state index in [1.165, 1.54) is 0 Å². The van der Waals surface area contributed by atoms with Gasteiger partial charge in [-0.2, -0.15) is 0 Å². The summed E-state index contributed by atoms with van der Waals surface area (Å²) in [6.45, 7) is 1.63. The first-order valence-electron chi connectivity index (χ1n) is 10.7. The summed E-state index contributed by atoms with van der Waals surface area (Å²) in [5.74, 6) is 0.859. The Hall–Kier alpha value is -3.59. The molecule has 0 spiro atoms. The molecular weight excluding hydrogens is 382 g/mol. The summed E-state index contributed by atoms with van der Waals surface area (Å²) in [6, 6.07) is 28.2. The minimum absolute atomic E-state index is 0.0811. The zero-order valence-corrected chi connectivity index (χ0v) is 17.8. The van der Waals surface area contributed by atoms with Crippen molar-refractivity contribution < 1.29 is 9.53 Å². The monoisotopic (exact) mass is 409 g/mol. The van der Waals surface area contributed by atoms with Crippen molar-refractivity contribution in [1.29, 1.82) is 0 Å². The number of benzene rings is 3. The van der Waals surface area contributed by atoms with Gasteiger partial charge in [0, 0.05) is 18.7 Å². The van der Waals surface area contributed by atoms with Crippen molar-refractivity contribution in [2.75, 3.05) is 20.2 Å². The second kappa shape index (κ2) is 9.94. The summed E-state index contributed by atoms with van der Waals surface area (Å²) in [5.41, 5.74) is 4.78. The van der Waals surface area contributed by atoms with Crippen molar-refractivity contribution in [3.05, 3.63) is 108 Å². The Morgan fingerprint density at radius 1 is 0.806 bits per heavy atom. The van der Waals surface area contributed by atoms with E-state index in [0.717, 1.165) is 53.9 Å². The SMILES string of the molecule is COc1ccc(/C(=C/C(=C/c2ccccc2)c2ccccc2)C(=O)N2CCCC2)cc1. The number of hydrogen-bond acceptors (Lipinski definition) is 2. The zero-order chi connectivity index (χ0) is 21.5. The summed E-state index contributed by atoms with van der Waals surface area (Å²) in [4.78, 5) is 15.5. The molecule has 1 aliphatic heterocycles. The topological polar surface area (TPSA) is 29.5 Å². The third-order valence-corrected chi connectivity index (χ3v) is 5.55. The molecule has 3 nitrogen and oxygen atoms in total. The molecule has 3 heteroatoms. The number of hydrogen-bond donors (Lipinski definition) is 0. The van der Waals surface area contributed by atoms with Crippen molar-refractivity contribution in [3.8, 4) is 5.75 Å². The Morgan fingerprint density at radius 2 is 1.42 bits per heavy atom. The van der Waals surface area contributed by atoms with Crippen LogP contribution in [-0.4, -0.2) is 31.0 Å². The molecule has 3 aromatic carbocycles. The Kier molecular flexibility index (Phi) is 6.63. The average molecular weight is 410 g/mol. The number of nitrogens with zero attached hydrogens (tertiary/aromatic N) is 1. The number of ether oxygens (including phenoxy) is 1. The number of likely N-dealkylation sites (tertiary alicyclic amines) is 1. The van der Waals surface area contributed by atoms with Crippen molar-refractivity contribution in [3.63, 3.8) is 0 Å². The first-order valence-corrected chi connectivity index (χ1v) is 10.7. The van der Waals surface area contributed by atoms with Crippen molar-refractivity contribution in [1.82, 2.24) is 4.90 Å². The predicted molar refractivity (Wildman–Crippen MR) is 128 cm³/mol. The third-order valence-electron chi connectivity index (χ3n) is 5.55. The minimum Gasteiger partial charge on any atom is -0.497 e. The molecule has 0 unspecified atom stereocenters. The van der Waals surface area contributed by atoms with Gasteiger partial charge in [-0.25, -0.2) is 0 Å². The maximum absolute atomic E-state index is 13.5. The maximum atomic E-state index is 13.5. The number of carbonyl (C=O) groups is 1. The highest BCUT2D eigenvalue weighted by molar-refractivity contribution is 6.22. The quantitative estimate of drug-likeness (QED) is 0.286. The van der Waals surface area contributed by atoms with Crippen molar-refractivity contribution >= 4 is 23.1 Å². The molecule has 0 aromatic heterocycles. The number of carbonyl (C=O) groups excluding carboxylic acids is 1. The van der Waals surface area contributed by atoms with Crippen LogP contribution in [0.3, 0.4) is 0 Å². The normalized spacial score (nSPS) is 14.5. The Balaban J connectivity index is 1.83. The highest BCUT2D eigenvalue weighted by atomic mass is 16.5. The third kappa shape index (κ3) is 5.13. The fourth-order valence-electron chi connectivity index (χ4n) is 3.85. The van der Waals surface area contributed by atoms with Gasteiger partial charge in [-0.05, 0) is 59.4 Å². The summed E-state index contributed by atoms with van der Waals surface area (Å²) in [6.07, 6.45) is 6.29. The van der Waals surface area contributed by atoms with Crippen LogP contribution >= 0.6 is 0 Å². The summed E-state index contributed by atoms with van der Waals surface area (Å²) >= 11 is 0. The van der Waals surface area contributed by atoms with Gasteiger partial charge in [0.15, 0.2) is 0 Å². The lowest BCUT2D eigenvalue weighted by molar-refractivity contribution is -0.124. The van der Waals surface area contributed by atoms with Crippen molar-refractivity contribution in [2.45, 2.75) is 12.8 Å². The molecule has 1 fully saturated rings. The fraction of sp³-hybridized carbons (Fsp3) is 0.179. The van der Waals surface area contributed by atoms with E-state index in [-0.39, 0.29) is 5.91 Å². The smallest absolute Gasteiger partial charge is 0.254 e. The standard InChI is InChI=1S/C28H27NO2/c1-31-26-16-14-24(15-17-26)27(28(30)29-18-8-9-19-29)21-25(23-12-6-3-7-13-23)20-22-10-4-2-5-11-22/h2-7,10-17,20-21H,8-9,18-19H2,1H3/b25-20-,27-21-. The molecule has 1 saturated heterocycles. The van der Waals surface area contributed by atoms with Gasteiger partial charge in [0.1, 0.15) is 5.75 Å². The first kappa shape index (κ1) is 20.7. The molecule has 0 radical (unpaired) electrons. The number of rotatable bonds is 6. The minimum atomic E-state index is 0.0811. The molecule has 31 heavy (non-hydrogen) atoms. The van der Waals surface area contributed by atoms with Crippen LogP contribution in [0.25, 0.3) is 17.2 Å². The van der Waals surface area contributed by atoms with E-state index < -0.39 is 0 Å². The van der Waals surface area contributed by atoms with Gasteiger partial charge in [0.25, 0.3) is 5.91 Å².